The van der Waals surface area contributed by atoms with E-state index in [-0.39, 0.29) is 0 Å². The number of likely N-dealkylation sites (N-methyl/N-ethyl adjacent to an activating group) is 1. The van der Waals surface area contributed by atoms with Crippen LogP contribution in [0.1, 0.15) is 19.5 Å². The van der Waals surface area contributed by atoms with E-state index in [0.717, 1.165) is 21.2 Å². The molecule has 0 aliphatic carbocycles. The van der Waals surface area contributed by atoms with E-state index >= 15 is 0 Å². The van der Waals surface area contributed by atoms with E-state index in [1.165, 1.54) is 5.57 Å². The maximum Gasteiger partial charge on any atom is 0.0772 e. The van der Waals surface area contributed by atoms with Crippen LogP contribution in [0.3, 0.4) is 0 Å². The molecular weight excluding hydrogens is 332 g/mol. The Hall–Kier alpha value is -0.190. The number of nitrogens with one attached hydrogen (secondary N) is 1. The van der Waals surface area contributed by atoms with Gasteiger partial charge in [0.25, 0.3) is 0 Å². The molecule has 0 atom stereocenters. The molecule has 1 N–H and O–H groups in total. The van der Waals surface area contributed by atoms with Crippen molar-refractivity contribution in [3.05, 3.63) is 32.5 Å². The van der Waals surface area contributed by atoms with E-state index in [1.54, 1.807) is 0 Å². The van der Waals surface area contributed by atoms with Crippen LogP contribution < -0.4 is 5.32 Å². The summed E-state index contributed by atoms with van der Waals surface area (Å²) >= 11 is 6.91. The predicted molar refractivity (Wildman–Crippen MR) is 76.4 cm³/mol. The van der Waals surface area contributed by atoms with Gasteiger partial charge < -0.3 is 5.32 Å². The molecule has 0 aliphatic heterocycles. The Morgan fingerprint density at radius 2 is 2.19 bits per heavy atom. The van der Waals surface area contributed by atoms with Crippen LogP contribution in [0.15, 0.2) is 26.8 Å². The predicted octanol–water partition coefficient (Wildman–Crippen LogP) is 3.87. The lowest BCUT2D eigenvalue weighted by Gasteiger charge is -2.11. The first-order valence-corrected chi connectivity index (χ1v) is 6.79. The van der Waals surface area contributed by atoms with E-state index in [0.29, 0.717) is 5.92 Å². The van der Waals surface area contributed by atoms with Gasteiger partial charge in [-0.3, -0.25) is 4.98 Å². The number of aromatic nitrogens is 1. The van der Waals surface area contributed by atoms with Gasteiger partial charge in [-0.05, 0) is 57.0 Å². The van der Waals surface area contributed by atoms with Crippen LogP contribution in [0, 0.1) is 5.92 Å². The minimum Gasteiger partial charge on any atom is -0.316 e. The molecule has 0 saturated heterocycles. The first kappa shape index (κ1) is 13.9. The van der Waals surface area contributed by atoms with Crippen LogP contribution in [0.2, 0.25) is 0 Å². The zero-order valence-electron chi connectivity index (χ0n) is 9.72. The molecule has 1 rings (SSSR count). The van der Waals surface area contributed by atoms with Crippen LogP contribution >= 0.6 is 31.9 Å². The molecule has 0 spiro atoms. The van der Waals surface area contributed by atoms with Crippen molar-refractivity contribution in [3.8, 4) is 0 Å². The molecule has 88 valence electrons. The van der Waals surface area contributed by atoms with Gasteiger partial charge in [0.15, 0.2) is 0 Å². The van der Waals surface area contributed by atoms with Gasteiger partial charge in [-0.25, -0.2) is 0 Å². The Morgan fingerprint density at radius 1 is 1.50 bits per heavy atom. The van der Waals surface area contributed by atoms with Gasteiger partial charge in [0.1, 0.15) is 0 Å². The average molecular weight is 348 g/mol. The summed E-state index contributed by atoms with van der Waals surface area (Å²) in [6.07, 6.45) is 3.95. The number of pyridine rings is 1. The summed E-state index contributed by atoms with van der Waals surface area (Å²) < 4.78 is 1.99. The zero-order valence-corrected chi connectivity index (χ0v) is 12.9. The molecule has 0 radical (unpaired) electrons. The van der Waals surface area contributed by atoms with E-state index in [4.69, 9.17) is 0 Å². The molecule has 1 heterocycles. The van der Waals surface area contributed by atoms with Crippen molar-refractivity contribution in [2.24, 2.45) is 5.92 Å². The lowest BCUT2D eigenvalue weighted by atomic mass is 10.0. The van der Waals surface area contributed by atoms with Crippen LogP contribution in [-0.4, -0.2) is 18.6 Å². The minimum absolute atomic E-state index is 0.518. The van der Waals surface area contributed by atoms with E-state index in [1.807, 2.05) is 19.3 Å². The topological polar surface area (TPSA) is 24.9 Å². The highest BCUT2D eigenvalue weighted by Gasteiger charge is 2.05. The van der Waals surface area contributed by atoms with E-state index in [2.05, 4.69) is 62.1 Å². The average Bonchev–Trinajstić information content (AvgIpc) is 2.20. The molecular formula is C12H16Br2N2. The second-order valence-corrected chi connectivity index (χ2v) is 5.69. The van der Waals surface area contributed by atoms with Crippen LogP contribution in [-0.2, 0) is 0 Å². The number of rotatable bonds is 4. The summed E-state index contributed by atoms with van der Waals surface area (Å²) in [5.74, 6) is 0.518. The molecule has 0 unspecified atom stereocenters. The van der Waals surface area contributed by atoms with Crippen LogP contribution in [0.4, 0.5) is 0 Å². The molecule has 0 bridgehead atoms. The number of hydrogen-bond donors (Lipinski definition) is 1. The molecule has 2 nitrogen and oxygen atoms in total. The third-order valence-electron chi connectivity index (χ3n) is 2.28. The van der Waals surface area contributed by atoms with Crippen LogP contribution in [0.25, 0.3) is 6.08 Å². The van der Waals surface area contributed by atoms with E-state index in [9.17, 15) is 0 Å². The third kappa shape index (κ3) is 4.00. The molecule has 0 saturated carbocycles. The maximum absolute atomic E-state index is 4.38. The van der Waals surface area contributed by atoms with Crippen molar-refractivity contribution in [1.29, 1.82) is 0 Å². The zero-order chi connectivity index (χ0) is 12.1. The van der Waals surface area contributed by atoms with Crippen LogP contribution in [0.5, 0.6) is 0 Å². The quantitative estimate of drug-likeness (QED) is 0.894. The highest BCUT2D eigenvalue weighted by Crippen LogP contribution is 2.23. The third-order valence-corrected chi connectivity index (χ3v) is 3.35. The highest BCUT2D eigenvalue weighted by molar-refractivity contribution is 9.11. The molecule has 1 aromatic heterocycles. The van der Waals surface area contributed by atoms with Crippen molar-refractivity contribution in [2.45, 2.75) is 13.8 Å². The normalized spacial score (nSPS) is 12.2. The fourth-order valence-corrected chi connectivity index (χ4v) is 2.43. The SMILES string of the molecule is CNCC(=Cc1ncc(Br)cc1Br)C(C)C. The molecule has 0 amide bonds. The molecule has 16 heavy (non-hydrogen) atoms. The first-order chi connectivity index (χ1) is 7.54. The Morgan fingerprint density at radius 3 is 2.69 bits per heavy atom. The van der Waals surface area contributed by atoms with Crippen molar-refractivity contribution < 1.29 is 0 Å². The van der Waals surface area contributed by atoms with Crippen molar-refractivity contribution in [1.82, 2.24) is 10.3 Å². The van der Waals surface area contributed by atoms with Gasteiger partial charge in [-0.1, -0.05) is 19.4 Å². The number of hydrogen-bond acceptors (Lipinski definition) is 2. The van der Waals surface area contributed by atoms with Gasteiger partial charge in [0, 0.05) is 21.7 Å². The van der Waals surface area contributed by atoms with Gasteiger partial charge in [-0.15, -0.1) is 0 Å². The second kappa shape index (κ2) is 6.52. The summed E-state index contributed by atoms with van der Waals surface area (Å²) in [6.45, 7) is 5.27. The summed E-state index contributed by atoms with van der Waals surface area (Å²) in [7, 11) is 1.96. The number of halogens is 2. The standard InChI is InChI=1S/C12H16Br2N2/c1-8(2)9(6-15-3)4-12-11(14)5-10(13)7-16-12/h4-5,7-8,15H,6H2,1-3H3. The smallest absolute Gasteiger partial charge is 0.0772 e. The summed E-state index contributed by atoms with van der Waals surface area (Å²) in [4.78, 5) is 4.38. The lowest BCUT2D eigenvalue weighted by molar-refractivity contribution is 0.712. The fourth-order valence-electron chi connectivity index (χ4n) is 1.33. The lowest BCUT2D eigenvalue weighted by Crippen LogP contribution is -2.14. The molecule has 0 fully saturated rings. The molecule has 0 aromatic carbocycles. The first-order valence-electron chi connectivity index (χ1n) is 5.20. The minimum atomic E-state index is 0.518. The Balaban J connectivity index is 3.02. The molecule has 1 aromatic rings. The van der Waals surface area contributed by atoms with Crippen molar-refractivity contribution in [3.63, 3.8) is 0 Å². The maximum atomic E-state index is 4.38. The van der Waals surface area contributed by atoms with Gasteiger partial charge in [0.05, 0.1) is 5.69 Å². The Kier molecular flexibility index (Phi) is 5.66. The second-order valence-electron chi connectivity index (χ2n) is 3.92. The highest BCUT2D eigenvalue weighted by atomic mass is 79.9. The largest absolute Gasteiger partial charge is 0.316 e. The van der Waals surface area contributed by atoms with Gasteiger partial charge in [0.2, 0.25) is 0 Å². The summed E-state index contributed by atoms with van der Waals surface area (Å²) in [5, 5.41) is 3.18. The Bertz CT molecular complexity index is 387. The van der Waals surface area contributed by atoms with E-state index < -0.39 is 0 Å². The number of nitrogens with zero attached hydrogens (tertiary/aromatic N) is 1. The molecule has 0 aliphatic rings. The fraction of sp³-hybridized carbons (Fsp3) is 0.417. The molecule has 4 heteroatoms. The summed E-state index contributed by atoms with van der Waals surface area (Å²) in [6, 6.07) is 2.01. The van der Waals surface area contributed by atoms with Crippen molar-refractivity contribution in [2.75, 3.05) is 13.6 Å². The Labute approximate surface area is 114 Å². The van der Waals surface area contributed by atoms with Gasteiger partial charge in [-0.2, -0.15) is 0 Å². The van der Waals surface area contributed by atoms with Crippen molar-refractivity contribution >= 4 is 37.9 Å². The monoisotopic (exact) mass is 346 g/mol. The van der Waals surface area contributed by atoms with Gasteiger partial charge >= 0.3 is 0 Å². The summed E-state index contributed by atoms with van der Waals surface area (Å²) in [5.41, 5.74) is 2.32.